The van der Waals surface area contributed by atoms with Crippen LogP contribution in [0.2, 0.25) is 0 Å². The molecule has 1 N–H and O–H groups in total. The number of aliphatic carboxylic acids is 1. The Morgan fingerprint density at radius 2 is 1.71 bits per heavy atom. The van der Waals surface area contributed by atoms with Crippen molar-refractivity contribution in [2.75, 3.05) is 13.2 Å². The Morgan fingerprint density at radius 1 is 1.12 bits per heavy atom. The van der Waals surface area contributed by atoms with E-state index in [0.29, 0.717) is 6.42 Å². The zero-order chi connectivity index (χ0) is 19.0. The molecule has 0 radical (unpaired) electrons. The first-order chi connectivity index (χ1) is 10.9. The van der Waals surface area contributed by atoms with Gasteiger partial charge in [0, 0.05) is 0 Å². The van der Waals surface area contributed by atoms with E-state index in [9.17, 15) is 9.59 Å². The van der Waals surface area contributed by atoms with Gasteiger partial charge in [-0.15, -0.1) is 0 Å². The molecule has 0 rings (SSSR count). The normalized spacial score (nSPS) is 13.4. The van der Waals surface area contributed by atoms with E-state index in [1.807, 2.05) is 0 Å². The smallest absolute Gasteiger partial charge is 0.332 e. The minimum atomic E-state index is -1.11. The van der Waals surface area contributed by atoms with Crippen molar-refractivity contribution < 1.29 is 24.2 Å². The maximum Gasteiger partial charge on any atom is 0.332 e. The van der Waals surface area contributed by atoms with Crippen molar-refractivity contribution in [3.8, 4) is 0 Å². The van der Waals surface area contributed by atoms with Crippen LogP contribution in [-0.4, -0.2) is 36.4 Å². The minimum absolute atomic E-state index is 0.100. The predicted octanol–water partition coefficient (Wildman–Crippen LogP) is 4.21. The lowest BCUT2D eigenvalue weighted by atomic mass is 9.80. The summed E-state index contributed by atoms with van der Waals surface area (Å²) in [4.78, 5) is 22.3. The number of esters is 1. The molecule has 1 unspecified atom stereocenters. The van der Waals surface area contributed by atoms with Crippen molar-refractivity contribution in [1.82, 2.24) is 0 Å². The van der Waals surface area contributed by atoms with Crippen LogP contribution >= 0.6 is 0 Å². The topological polar surface area (TPSA) is 72.8 Å². The van der Waals surface area contributed by atoms with Crippen LogP contribution in [0.15, 0.2) is 12.2 Å². The van der Waals surface area contributed by atoms with E-state index in [-0.39, 0.29) is 23.5 Å². The van der Waals surface area contributed by atoms with Crippen molar-refractivity contribution in [2.24, 2.45) is 10.8 Å². The molecule has 0 aliphatic carbocycles. The highest BCUT2D eigenvalue weighted by atomic mass is 16.6. The summed E-state index contributed by atoms with van der Waals surface area (Å²) in [6, 6.07) is 0. The summed E-state index contributed by atoms with van der Waals surface area (Å²) in [5.74, 6) is -1.66. The van der Waals surface area contributed by atoms with E-state index in [4.69, 9.17) is 14.6 Å². The van der Waals surface area contributed by atoms with Gasteiger partial charge in [0.2, 0.25) is 0 Å². The molecule has 0 aliphatic rings. The number of carboxylic acids is 1. The number of hydrogen-bond donors (Lipinski definition) is 1. The molecule has 0 aromatic rings. The molecular formula is C19H34O5. The van der Waals surface area contributed by atoms with Crippen LogP contribution in [0.4, 0.5) is 0 Å². The minimum Gasteiger partial charge on any atom is -0.480 e. The summed E-state index contributed by atoms with van der Waals surface area (Å²) < 4.78 is 10.3. The van der Waals surface area contributed by atoms with E-state index in [2.05, 4.69) is 48.1 Å². The average Bonchev–Trinajstić information content (AvgIpc) is 2.41. The third-order valence-electron chi connectivity index (χ3n) is 3.99. The van der Waals surface area contributed by atoms with Gasteiger partial charge in [-0.3, -0.25) is 0 Å². The molecule has 0 aromatic heterocycles. The third-order valence-corrected chi connectivity index (χ3v) is 3.99. The number of ether oxygens (including phenoxy) is 2. The number of rotatable bonds is 11. The Labute approximate surface area is 146 Å². The van der Waals surface area contributed by atoms with Gasteiger partial charge >= 0.3 is 11.9 Å². The highest BCUT2D eigenvalue weighted by molar-refractivity contribution is 5.72. The second-order valence-corrected chi connectivity index (χ2v) is 8.32. The van der Waals surface area contributed by atoms with Crippen LogP contribution in [0.1, 0.15) is 67.2 Å². The second kappa shape index (κ2) is 9.82. The first kappa shape index (κ1) is 22.6. The van der Waals surface area contributed by atoms with Crippen LogP contribution in [0, 0.1) is 10.8 Å². The molecule has 0 amide bonds. The lowest BCUT2D eigenvalue weighted by molar-refractivity contribution is -0.156. The molecule has 1 atom stereocenters. The number of carbonyl (C=O) groups excluding carboxylic acids is 1. The standard InChI is InChI=1S/C19H34O5/c1-8-19(6,7)11-14(2)15(9-10-18(3,4)5)24-17(22)13-23-12-16(20)21/h15H,2,8-13H2,1,3-7H3,(H,20,21). The number of hydrogen-bond acceptors (Lipinski definition) is 4. The molecule has 0 spiro atoms. The molecule has 0 fully saturated rings. The Kier molecular flexibility index (Phi) is 9.26. The van der Waals surface area contributed by atoms with Crippen molar-refractivity contribution in [3.05, 3.63) is 12.2 Å². The monoisotopic (exact) mass is 342 g/mol. The molecule has 0 saturated carbocycles. The van der Waals surface area contributed by atoms with Gasteiger partial charge in [-0.05, 0) is 35.7 Å². The fraction of sp³-hybridized carbons (Fsp3) is 0.789. The van der Waals surface area contributed by atoms with Crippen molar-refractivity contribution in [2.45, 2.75) is 73.3 Å². The van der Waals surface area contributed by atoms with Crippen LogP contribution in [0.25, 0.3) is 0 Å². The molecule has 140 valence electrons. The predicted molar refractivity (Wildman–Crippen MR) is 94.9 cm³/mol. The SMILES string of the molecule is C=C(CC(C)(C)CC)C(CCC(C)(C)C)OC(=O)COCC(=O)O. The first-order valence-corrected chi connectivity index (χ1v) is 8.53. The Bertz CT molecular complexity index is 432. The summed E-state index contributed by atoms with van der Waals surface area (Å²) in [7, 11) is 0. The van der Waals surface area contributed by atoms with Crippen molar-refractivity contribution in [1.29, 1.82) is 0 Å². The van der Waals surface area contributed by atoms with Crippen LogP contribution in [0.5, 0.6) is 0 Å². The Morgan fingerprint density at radius 3 is 2.17 bits per heavy atom. The first-order valence-electron chi connectivity index (χ1n) is 8.53. The molecule has 0 bridgehead atoms. The van der Waals surface area contributed by atoms with Gasteiger partial charge in [0.1, 0.15) is 19.3 Å². The van der Waals surface area contributed by atoms with Crippen LogP contribution in [0.3, 0.4) is 0 Å². The van der Waals surface area contributed by atoms with E-state index in [1.54, 1.807) is 0 Å². The second-order valence-electron chi connectivity index (χ2n) is 8.32. The summed E-state index contributed by atoms with van der Waals surface area (Å²) >= 11 is 0. The van der Waals surface area contributed by atoms with Gasteiger partial charge in [-0.25, -0.2) is 9.59 Å². The molecule has 24 heavy (non-hydrogen) atoms. The van der Waals surface area contributed by atoms with E-state index in [1.165, 1.54) is 0 Å². The number of carbonyl (C=O) groups is 2. The zero-order valence-corrected chi connectivity index (χ0v) is 16.1. The van der Waals surface area contributed by atoms with Gasteiger partial charge in [-0.1, -0.05) is 54.5 Å². The number of carboxylic acid groups (broad SMARTS) is 1. The summed E-state index contributed by atoms with van der Waals surface area (Å²) in [5, 5.41) is 8.53. The van der Waals surface area contributed by atoms with Gasteiger partial charge in [-0.2, -0.15) is 0 Å². The Balaban J connectivity index is 4.76. The zero-order valence-electron chi connectivity index (χ0n) is 16.1. The highest BCUT2D eigenvalue weighted by Crippen LogP contribution is 2.32. The maximum atomic E-state index is 11.9. The maximum absolute atomic E-state index is 11.9. The fourth-order valence-electron chi connectivity index (χ4n) is 2.18. The fourth-order valence-corrected chi connectivity index (χ4v) is 2.18. The molecule has 0 aromatic carbocycles. The van der Waals surface area contributed by atoms with Crippen LogP contribution in [-0.2, 0) is 19.1 Å². The highest BCUT2D eigenvalue weighted by Gasteiger charge is 2.25. The Hall–Kier alpha value is -1.36. The molecule has 5 nitrogen and oxygen atoms in total. The van der Waals surface area contributed by atoms with E-state index >= 15 is 0 Å². The largest absolute Gasteiger partial charge is 0.480 e. The molecule has 0 heterocycles. The molecular weight excluding hydrogens is 308 g/mol. The molecule has 0 aliphatic heterocycles. The van der Waals surface area contributed by atoms with Gasteiger partial charge in [0.05, 0.1) is 0 Å². The summed E-state index contributed by atoms with van der Waals surface area (Å²) in [6.07, 6.45) is 3.02. The van der Waals surface area contributed by atoms with E-state index in [0.717, 1.165) is 24.8 Å². The van der Waals surface area contributed by atoms with Gasteiger partial charge < -0.3 is 14.6 Å². The molecule has 5 heteroatoms. The lowest BCUT2D eigenvalue weighted by Gasteiger charge is -2.29. The quantitative estimate of drug-likeness (QED) is 0.450. The van der Waals surface area contributed by atoms with Gasteiger partial charge in [0.15, 0.2) is 0 Å². The van der Waals surface area contributed by atoms with Crippen molar-refractivity contribution in [3.63, 3.8) is 0 Å². The lowest BCUT2D eigenvalue weighted by Crippen LogP contribution is -2.27. The summed E-state index contributed by atoms with van der Waals surface area (Å²) in [6.45, 7) is 16.1. The molecule has 0 saturated heterocycles. The average molecular weight is 342 g/mol. The third kappa shape index (κ3) is 11.2. The van der Waals surface area contributed by atoms with Crippen molar-refractivity contribution >= 4 is 11.9 Å². The summed E-state index contributed by atoms with van der Waals surface area (Å²) in [5.41, 5.74) is 1.13. The van der Waals surface area contributed by atoms with Gasteiger partial charge in [0.25, 0.3) is 0 Å². The van der Waals surface area contributed by atoms with Crippen LogP contribution < -0.4 is 0 Å². The van der Waals surface area contributed by atoms with E-state index < -0.39 is 18.5 Å².